The first kappa shape index (κ1) is 11.1. The summed E-state index contributed by atoms with van der Waals surface area (Å²) in [5.74, 6) is 0.140. The molecule has 1 aromatic carbocycles. The molecule has 16 heavy (non-hydrogen) atoms. The maximum atomic E-state index is 12.7. The van der Waals surface area contributed by atoms with Crippen molar-refractivity contribution in [1.82, 2.24) is 0 Å². The molecule has 1 nitrogen and oxygen atoms in total. The van der Waals surface area contributed by atoms with E-state index in [0.29, 0.717) is 0 Å². The monoisotopic (exact) mass is 218 g/mol. The summed E-state index contributed by atoms with van der Waals surface area (Å²) >= 11 is 0. The molecule has 1 atom stereocenters. The van der Waals surface area contributed by atoms with Crippen LogP contribution in [0.5, 0.6) is 0 Å². The second-order valence-corrected chi connectivity index (χ2v) is 4.38. The van der Waals surface area contributed by atoms with E-state index in [9.17, 15) is 9.18 Å². The van der Waals surface area contributed by atoms with Gasteiger partial charge in [-0.3, -0.25) is 4.79 Å². The number of allylic oxidation sites excluding steroid dienone is 1. The Labute approximate surface area is 95.0 Å². The van der Waals surface area contributed by atoms with Crippen molar-refractivity contribution >= 4 is 11.9 Å². The van der Waals surface area contributed by atoms with Crippen LogP contribution in [0.4, 0.5) is 4.39 Å². The highest BCUT2D eigenvalue weighted by molar-refractivity contribution is 6.01. The van der Waals surface area contributed by atoms with E-state index < -0.39 is 0 Å². The SMILES string of the molecule is CC1CCC/C(=C\c2ccc(F)cc2)C1=O. The fraction of sp³-hybridized carbons (Fsp3) is 0.357. The minimum Gasteiger partial charge on any atom is -0.294 e. The fourth-order valence-electron chi connectivity index (χ4n) is 2.07. The van der Waals surface area contributed by atoms with Crippen LogP contribution in [0.3, 0.4) is 0 Å². The summed E-state index contributed by atoms with van der Waals surface area (Å²) in [4.78, 5) is 11.9. The van der Waals surface area contributed by atoms with Gasteiger partial charge in [-0.05, 0) is 48.6 Å². The van der Waals surface area contributed by atoms with Gasteiger partial charge in [0, 0.05) is 5.92 Å². The van der Waals surface area contributed by atoms with Crippen LogP contribution in [0, 0.1) is 11.7 Å². The molecule has 0 bridgehead atoms. The van der Waals surface area contributed by atoms with Gasteiger partial charge in [0.1, 0.15) is 5.82 Å². The van der Waals surface area contributed by atoms with E-state index in [1.54, 1.807) is 12.1 Å². The minimum atomic E-state index is -0.245. The van der Waals surface area contributed by atoms with Crippen LogP contribution >= 0.6 is 0 Å². The van der Waals surface area contributed by atoms with Crippen LogP contribution in [-0.2, 0) is 4.79 Å². The molecule has 0 aromatic heterocycles. The van der Waals surface area contributed by atoms with Crippen LogP contribution < -0.4 is 0 Å². The van der Waals surface area contributed by atoms with Gasteiger partial charge in [0.15, 0.2) is 5.78 Å². The molecule has 1 aromatic rings. The molecule has 0 radical (unpaired) electrons. The molecule has 1 fully saturated rings. The number of carbonyl (C=O) groups excluding carboxylic acids is 1. The molecule has 0 spiro atoms. The zero-order chi connectivity index (χ0) is 11.5. The van der Waals surface area contributed by atoms with Gasteiger partial charge < -0.3 is 0 Å². The van der Waals surface area contributed by atoms with E-state index in [-0.39, 0.29) is 17.5 Å². The molecule has 0 aliphatic heterocycles. The molecule has 2 rings (SSSR count). The molecule has 2 heteroatoms. The summed E-state index contributed by atoms with van der Waals surface area (Å²) < 4.78 is 12.7. The zero-order valence-electron chi connectivity index (χ0n) is 9.37. The number of ketones is 1. The molecular formula is C14H15FO. The fourth-order valence-corrected chi connectivity index (χ4v) is 2.07. The number of Topliss-reactive ketones (excluding diaryl/α,β-unsaturated/α-hetero) is 1. The Balaban J connectivity index is 2.23. The summed E-state index contributed by atoms with van der Waals surface area (Å²) in [6.45, 7) is 1.97. The van der Waals surface area contributed by atoms with Crippen molar-refractivity contribution in [2.75, 3.05) is 0 Å². The van der Waals surface area contributed by atoms with Gasteiger partial charge in [0.2, 0.25) is 0 Å². The predicted octanol–water partition coefficient (Wildman–Crippen LogP) is 3.60. The van der Waals surface area contributed by atoms with Crippen molar-refractivity contribution in [2.45, 2.75) is 26.2 Å². The van der Waals surface area contributed by atoms with Crippen molar-refractivity contribution < 1.29 is 9.18 Å². The minimum absolute atomic E-state index is 0.139. The van der Waals surface area contributed by atoms with Crippen molar-refractivity contribution in [1.29, 1.82) is 0 Å². The molecule has 1 unspecified atom stereocenters. The largest absolute Gasteiger partial charge is 0.294 e. The Morgan fingerprint density at radius 1 is 1.31 bits per heavy atom. The predicted molar refractivity (Wildman–Crippen MR) is 62.4 cm³/mol. The van der Waals surface area contributed by atoms with Crippen LogP contribution in [0.1, 0.15) is 31.7 Å². The highest BCUT2D eigenvalue weighted by Crippen LogP contribution is 2.26. The van der Waals surface area contributed by atoms with Crippen LogP contribution in [0.2, 0.25) is 0 Å². The van der Waals surface area contributed by atoms with E-state index in [2.05, 4.69) is 0 Å². The van der Waals surface area contributed by atoms with Crippen molar-refractivity contribution in [3.05, 3.63) is 41.2 Å². The maximum Gasteiger partial charge on any atom is 0.161 e. The number of rotatable bonds is 1. The van der Waals surface area contributed by atoms with Crippen LogP contribution in [0.15, 0.2) is 29.8 Å². The van der Waals surface area contributed by atoms with Gasteiger partial charge >= 0.3 is 0 Å². The van der Waals surface area contributed by atoms with E-state index in [1.807, 2.05) is 13.0 Å². The van der Waals surface area contributed by atoms with Gasteiger partial charge in [-0.1, -0.05) is 19.1 Å². The third kappa shape index (κ3) is 2.38. The Morgan fingerprint density at radius 3 is 2.69 bits per heavy atom. The van der Waals surface area contributed by atoms with E-state index in [4.69, 9.17) is 0 Å². The highest BCUT2D eigenvalue weighted by atomic mass is 19.1. The van der Waals surface area contributed by atoms with Gasteiger partial charge in [-0.2, -0.15) is 0 Å². The smallest absolute Gasteiger partial charge is 0.161 e. The van der Waals surface area contributed by atoms with E-state index in [1.165, 1.54) is 12.1 Å². The zero-order valence-corrected chi connectivity index (χ0v) is 9.37. The van der Waals surface area contributed by atoms with Crippen molar-refractivity contribution in [2.24, 2.45) is 5.92 Å². The molecule has 1 saturated carbocycles. The number of benzene rings is 1. The average molecular weight is 218 g/mol. The molecular weight excluding hydrogens is 203 g/mol. The van der Waals surface area contributed by atoms with Gasteiger partial charge in [-0.25, -0.2) is 4.39 Å². The molecule has 0 N–H and O–H groups in total. The first-order valence-corrected chi connectivity index (χ1v) is 5.67. The molecule has 1 aliphatic rings. The number of hydrogen-bond donors (Lipinski definition) is 0. The quantitative estimate of drug-likeness (QED) is 0.658. The van der Waals surface area contributed by atoms with Crippen molar-refractivity contribution in [3.8, 4) is 0 Å². The third-order valence-electron chi connectivity index (χ3n) is 3.06. The lowest BCUT2D eigenvalue weighted by atomic mass is 9.84. The van der Waals surface area contributed by atoms with E-state index in [0.717, 1.165) is 30.4 Å². The molecule has 84 valence electrons. The lowest BCUT2D eigenvalue weighted by Crippen LogP contribution is -2.18. The van der Waals surface area contributed by atoms with Gasteiger partial charge in [0.25, 0.3) is 0 Å². The lowest BCUT2D eigenvalue weighted by Gasteiger charge is -2.19. The normalized spacial score (nSPS) is 23.8. The van der Waals surface area contributed by atoms with Crippen LogP contribution in [-0.4, -0.2) is 5.78 Å². The summed E-state index contributed by atoms with van der Waals surface area (Å²) in [6.07, 6.45) is 4.79. The summed E-state index contributed by atoms with van der Waals surface area (Å²) in [7, 11) is 0. The highest BCUT2D eigenvalue weighted by Gasteiger charge is 2.22. The number of hydrogen-bond acceptors (Lipinski definition) is 1. The second kappa shape index (κ2) is 4.60. The average Bonchev–Trinajstić information content (AvgIpc) is 2.28. The Morgan fingerprint density at radius 2 is 2.00 bits per heavy atom. The van der Waals surface area contributed by atoms with Gasteiger partial charge in [-0.15, -0.1) is 0 Å². The summed E-state index contributed by atoms with van der Waals surface area (Å²) in [5, 5.41) is 0. The topological polar surface area (TPSA) is 17.1 Å². The number of halogens is 1. The Kier molecular flexibility index (Phi) is 3.18. The Bertz CT molecular complexity index is 417. The van der Waals surface area contributed by atoms with Gasteiger partial charge in [0.05, 0.1) is 0 Å². The summed E-state index contributed by atoms with van der Waals surface area (Å²) in [6, 6.07) is 6.25. The second-order valence-electron chi connectivity index (χ2n) is 4.38. The van der Waals surface area contributed by atoms with E-state index >= 15 is 0 Å². The maximum absolute atomic E-state index is 12.7. The summed E-state index contributed by atoms with van der Waals surface area (Å²) in [5.41, 5.74) is 1.78. The molecule has 1 aliphatic carbocycles. The first-order valence-electron chi connectivity index (χ1n) is 5.67. The standard InChI is InChI=1S/C14H15FO/c1-10-3-2-4-12(14(10)16)9-11-5-7-13(15)8-6-11/h5-10H,2-4H2,1H3/b12-9+. The number of carbonyl (C=O) groups is 1. The molecule has 0 amide bonds. The first-order chi connectivity index (χ1) is 7.66. The van der Waals surface area contributed by atoms with Crippen molar-refractivity contribution in [3.63, 3.8) is 0 Å². The Hall–Kier alpha value is -1.44. The molecule has 0 heterocycles. The molecule has 0 saturated heterocycles. The van der Waals surface area contributed by atoms with Crippen LogP contribution in [0.25, 0.3) is 6.08 Å². The third-order valence-corrected chi connectivity index (χ3v) is 3.06. The lowest BCUT2D eigenvalue weighted by molar-refractivity contribution is -0.119.